The van der Waals surface area contributed by atoms with E-state index in [0.29, 0.717) is 17.4 Å². The van der Waals surface area contributed by atoms with E-state index in [9.17, 15) is 4.79 Å². The summed E-state index contributed by atoms with van der Waals surface area (Å²) in [5.74, 6) is 0.648. The van der Waals surface area contributed by atoms with Crippen molar-refractivity contribution >= 4 is 17.6 Å². The first-order chi connectivity index (χ1) is 9.45. The summed E-state index contributed by atoms with van der Waals surface area (Å²) in [6.45, 7) is 8.48. The van der Waals surface area contributed by atoms with Crippen LogP contribution in [0.4, 0.5) is 0 Å². The van der Waals surface area contributed by atoms with E-state index in [2.05, 4.69) is 20.8 Å². The van der Waals surface area contributed by atoms with Gasteiger partial charge in [0.15, 0.2) is 6.61 Å². The molecule has 20 heavy (non-hydrogen) atoms. The lowest BCUT2D eigenvalue weighted by Crippen LogP contribution is -2.16. The van der Waals surface area contributed by atoms with Crippen LogP contribution < -0.4 is 4.74 Å². The smallest absolute Gasteiger partial charge is 0.344 e. The van der Waals surface area contributed by atoms with Gasteiger partial charge in [0.1, 0.15) is 5.75 Å². The monoisotopic (exact) mass is 298 g/mol. The number of carbonyl (C=O) groups is 1. The molecular formula is C16H23ClO3. The van der Waals surface area contributed by atoms with E-state index in [1.165, 1.54) is 0 Å². The van der Waals surface area contributed by atoms with E-state index in [1.54, 1.807) is 0 Å². The van der Waals surface area contributed by atoms with Crippen molar-refractivity contribution in [2.75, 3.05) is 13.2 Å². The Labute approximate surface area is 126 Å². The number of hydrogen-bond donors (Lipinski definition) is 0. The third-order valence-corrected chi connectivity index (χ3v) is 3.43. The first-order valence-electron chi connectivity index (χ1n) is 7.04. The third-order valence-electron chi connectivity index (χ3n) is 3.02. The average Bonchev–Trinajstić information content (AvgIpc) is 2.39. The standard InChI is InChI=1S/C16H23ClO3/c1-5-6-7-19-16(18)10-20-15-8-12(4)14(17)9-13(15)11(2)3/h8-9,11H,5-7,10H2,1-4H3. The van der Waals surface area contributed by atoms with Crippen LogP contribution in [0.1, 0.15) is 50.7 Å². The second-order valence-electron chi connectivity index (χ2n) is 5.16. The zero-order chi connectivity index (χ0) is 15.1. The molecule has 0 unspecified atom stereocenters. The van der Waals surface area contributed by atoms with Crippen LogP contribution in [0.25, 0.3) is 0 Å². The van der Waals surface area contributed by atoms with Gasteiger partial charge in [-0.15, -0.1) is 0 Å². The largest absolute Gasteiger partial charge is 0.482 e. The Kier molecular flexibility index (Phi) is 6.86. The minimum absolute atomic E-state index is 0.0650. The van der Waals surface area contributed by atoms with Gasteiger partial charge in [-0.3, -0.25) is 0 Å². The minimum atomic E-state index is -0.333. The number of esters is 1. The van der Waals surface area contributed by atoms with Crippen LogP contribution >= 0.6 is 11.6 Å². The maximum atomic E-state index is 11.6. The van der Waals surface area contributed by atoms with Gasteiger partial charge < -0.3 is 9.47 Å². The lowest BCUT2D eigenvalue weighted by molar-refractivity contribution is -0.146. The SMILES string of the molecule is CCCCOC(=O)COc1cc(C)c(Cl)cc1C(C)C. The molecular weight excluding hydrogens is 276 g/mol. The fraction of sp³-hybridized carbons (Fsp3) is 0.562. The van der Waals surface area contributed by atoms with E-state index in [1.807, 2.05) is 19.1 Å². The molecule has 0 aliphatic heterocycles. The minimum Gasteiger partial charge on any atom is -0.482 e. The lowest BCUT2D eigenvalue weighted by atomic mass is 10.0. The van der Waals surface area contributed by atoms with Crippen LogP contribution in [0.3, 0.4) is 0 Å². The molecule has 0 aliphatic rings. The molecule has 0 saturated heterocycles. The molecule has 4 heteroatoms. The van der Waals surface area contributed by atoms with Crippen LogP contribution in [-0.2, 0) is 9.53 Å². The number of ether oxygens (including phenoxy) is 2. The Morgan fingerprint density at radius 3 is 2.65 bits per heavy atom. The molecule has 0 spiro atoms. The first kappa shape index (κ1) is 16.8. The average molecular weight is 299 g/mol. The molecule has 0 N–H and O–H groups in total. The van der Waals surface area contributed by atoms with Gasteiger partial charge in [-0.1, -0.05) is 38.8 Å². The molecule has 1 rings (SSSR count). The van der Waals surface area contributed by atoms with E-state index in [-0.39, 0.29) is 18.5 Å². The first-order valence-corrected chi connectivity index (χ1v) is 7.42. The second kappa shape index (κ2) is 8.15. The lowest BCUT2D eigenvalue weighted by Gasteiger charge is -2.15. The van der Waals surface area contributed by atoms with Crippen molar-refractivity contribution in [2.24, 2.45) is 0 Å². The molecule has 0 heterocycles. The molecule has 0 saturated carbocycles. The number of carbonyl (C=O) groups excluding carboxylic acids is 1. The molecule has 0 fully saturated rings. The molecule has 1 aromatic rings. The summed E-state index contributed by atoms with van der Waals surface area (Å²) < 4.78 is 10.7. The summed E-state index contributed by atoms with van der Waals surface area (Å²) >= 11 is 6.13. The van der Waals surface area contributed by atoms with Gasteiger partial charge >= 0.3 is 5.97 Å². The highest BCUT2D eigenvalue weighted by Gasteiger charge is 2.13. The van der Waals surface area contributed by atoms with E-state index in [0.717, 1.165) is 24.0 Å². The normalized spacial score (nSPS) is 10.7. The van der Waals surface area contributed by atoms with Crippen molar-refractivity contribution in [3.63, 3.8) is 0 Å². The highest BCUT2D eigenvalue weighted by Crippen LogP contribution is 2.31. The van der Waals surface area contributed by atoms with Gasteiger partial charge in [0.2, 0.25) is 0 Å². The van der Waals surface area contributed by atoms with Crippen LogP contribution in [0, 0.1) is 6.92 Å². The molecule has 3 nitrogen and oxygen atoms in total. The summed E-state index contributed by atoms with van der Waals surface area (Å²) in [4.78, 5) is 11.6. The Bertz CT molecular complexity index is 455. The van der Waals surface area contributed by atoms with Gasteiger partial charge in [-0.25, -0.2) is 4.79 Å². The van der Waals surface area contributed by atoms with Crippen molar-refractivity contribution in [1.29, 1.82) is 0 Å². The van der Waals surface area contributed by atoms with E-state index in [4.69, 9.17) is 21.1 Å². The van der Waals surface area contributed by atoms with Crippen molar-refractivity contribution in [3.8, 4) is 5.75 Å². The molecule has 0 radical (unpaired) electrons. The zero-order valence-electron chi connectivity index (χ0n) is 12.7. The van der Waals surface area contributed by atoms with Crippen molar-refractivity contribution < 1.29 is 14.3 Å². The van der Waals surface area contributed by atoms with Crippen molar-refractivity contribution in [3.05, 3.63) is 28.3 Å². The number of benzene rings is 1. The molecule has 0 atom stereocenters. The van der Waals surface area contributed by atoms with Crippen LogP contribution in [-0.4, -0.2) is 19.2 Å². The van der Waals surface area contributed by atoms with Gasteiger partial charge in [0.25, 0.3) is 0 Å². The quantitative estimate of drug-likeness (QED) is 0.549. The van der Waals surface area contributed by atoms with E-state index < -0.39 is 0 Å². The number of halogens is 1. The second-order valence-corrected chi connectivity index (χ2v) is 5.56. The van der Waals surface area contributed by atoms with Crippen LogP contribution in [0.5, 0.6) is 5.75 Å². The molecule has 1 aromatic carbocycles. The molecule has 0 aromatic heterocycles. The Hall–Kier alpha value is -1.22. The predicted octanol–water partition coefficient (Wildman–Crippen LogP) is 4.49. The summed E-state index contributed by atoms with van der Waals surface area (Å²) in [5, 5.41) is 0.714. The predicted molar refractivity (Wildman–Crippen MR) is 81.6 cm³/mol. The molecule has 112 valence electrons. The van der Waals surface area contributed by atoms with Gasteiger partial charge in [-0.2, -0.15) is 0 Å². The third kappa shape index (κ3) is 5.04. The topological polar surface area (TPSA) is 35.5 Å². The summed E-state index contributed by atoms with van der Waals surface area (Å²) in [5.41, 5.74) is 1.94. The molecule has 0 bridgehead atoms. The summed E-state index contributed by atoms with van der Waals surface area (Å²) in [6.07, 6.45) is 1.88. The fourth-order valence-corrected chi connectivity index (χ4v) is 1.93. The highest BCUT2D eigenvalue weighted by molar-refractivity contribution is 6.31. The van der Waals surface area contributed by atoms with Crippen molar-refractivity contribution in [2.45, 2.75) is 46.5 Å². The maximum absolute atomic E-state index is 11.6. The number of aryl methyl sites for hydroxylation is 1. The Morgan fingerprint density at radius 1 is 1.35 bits per heavy atom. The number of rotatable bonds is 7. The van der Waals surface area contributed by atoms with Crippen LogP contribution in [0.15, 0.2) is 12.1 Å². The van der Waals surface area contributed by atoms with Gasteiger partial charge in [-0.05, 0) is 42.5 Å². The van der Waals surface area contributed by atoms with Gasteiger partial charge in [0.05, 0.1) is 6.61 Å². The van der Waals surface area contributed by atoms with E-state index >= 15 is 0 Å². The molecule has 0 amide bonds. The summed E-state index contributed by atoms with van der Waals surface area (Å²) in [6, 6.07) is 3.77. The maximum Gasteiger partial charge on any atom is 0.344 e. The Balaban J connectivity index is 2.67. The van der Waals surface area contributed by atoms with Crippen LogP contribution in [0.2, 0.25) is 5.02 Å². The summed E-state index contributed by atoms with van der Waals surface area (Å²) in [7, 11) is 0. The molecule has 0 aliphatic carbocycles. The Morgan fingerprint density at radius 2 is 2.05 bits per heavy atom. The highest BCUT2D eigenvalue weighted by atomic mass is 35.5. The number of hydrogen-bond acceptors (Lipinski definition) is 3. The zero-order valence-corrected chi connectivity index (χ0v) is 13.4. The van der Waals surface area contributed by atoms with Crippen molar-refractivity contribution in [1.82, 2.24) is 0 Å². The fourth-order valence-electron chi connectivity index (χ4n) is 1.76. The van der Waals surface area contributed by atoms with Gasteiger partial charge in [0, 0.05) is 5.02 Å². The number of unbranched alkanes of at least 4 members (excludes halogenated alkanes) is 1.